The van der Waals surface area contributed by atoms with E-state index in [2.05, 4.69) is 5.32 Å². The highest BCUT2D eigenvalue weighted by atomic mass is 16.2. The standard InChI is InChI=1S/C11H22N2O/c1-10(2,11(3,4)12)9(14)13-8-6-5-7-8/h8H,5-7,12H2,1-4H3,(H,13,14). The van der Waals surface area contributed by atoms with Crippen molar-refractivity contribution in [3.05, 3.63) is 0 Å². The number of carbonyl (C=O) groups is 1. The minimum atomic E-state index is -0.511. The van der Waals surface area contributed by atoms with Crippen molar-refractivity contribution in [1.82, 2.24) is 5.32 Å². The zero-order valence-electron chi connectivity index (χ0n) is 9.68. The average molecular weight is 198 g/mol. The summed E-state index contributed by atoms with van der Waals surface area (Å²) in [5.41, 5.74) is 4.99. The summed E-state index contributed by atoms with van der Waals surface area (Å²) in [6.07, 6.45) is 3.47. The molecule has 1 aliphatic rings. The maximum atomic E-state index is 11.9. The molecule has 0 unspecified atom stereocenters. The third-order valence-electron chi connectivity index (χ3n) is 3.62. The fraction of sp³-hybridized carbons (Fsp3) is 0.909. The number of carbonyl (C=O) groups excluding carboxylic acids is 1. The van der Waals surface area contributed by atoms with Crippen LogP contribution < -0.4 is 11.1 Å². The number of nitrogens with one attached hydrogen (secondary N) is 1. The van der Waals surface area contributed by atoms with Crippen molar-refractivity contribution < 1.29 is 4.79 Å². The van der Waals surface area contributed by atoms with Crippen LogP contribution in [0.25, 0.3) is 0 Å². The Balaban J connectivity index is 2.57. The van der Waals surface area contributed by atoms with E-state index in [-0.39, 0.29) is 5.91 Å². The van der Waals surface area contributed by atoms with Gasteiger partial charge in [-0.25, -0.2) is 0 Å². The van der Waals surface area contributed by atoms with Gasteiger partial charge >= 0.3 is 0 Å². The van der Waals surface area contributed by atoms with E-state index < -0.39 is 11.0 Å². The van der Waals surface area contributed by atoms with Crippen LogP contribution in [-0.4, -0.2) is 17.5 Å². The number of nitrogens with two attached hydrogens (primary N) is 1. The van der Waals surface area contributed by atoms with E-state index in [0.29, 0.717) is 6.04 Å². The van der Waals surface area contributed by atoms with Gasteiger partial charge in [0.2, 0.25) is 5.91 Å². The second kappa shape index (κ2) is 3.54. The highest BCUT2D eigenvalue weighted by Crippen LogP contribution is 2.29. The van der Waals surface area contributed by atoms with Gasteiger partial charge in [-0.1, -0.05) is 0 Å². The molecule has 0 aromatic carbocycles. The van der Waals surface area contributed by atoms with Gasteiger partial charge in [-0.2, -0.15) is 0 Å². The minimum absolute atomic E-state index is 0.0784. The molecule has 14 heavy (non-hydrogen) atoms. The molecule has 0 saturated heterocycles. The van der Waals surface area contributed by atoms with Crippen molar-refractivity contribution in [3.63, 3.8) is 0 Å². The molecule has 1 saturated carbocycles. The maximum absolute atomic E-state index is 11.9. The van der Waals surface area contributed by atoms with Crippen LogP contribution in [0.3, 0.4) is 0 Å². The zero-order valence-corrected chi connectivity index (χ0v) is 9.68. The largest absolute Gasteiger partial charge is 0.353 e. The van der Waals surface area contributed by atoms with Gasteiger partial charge in [0.05, 0.1) is 5.41 Å². The molecule has 0 aromatic heterocycles. The lowest BCUT2D eigenvalue weighted by atomic mass is 9.74. The first-order valence-corrected chi connectivity index (χ1v) is 5.35. The van der Waals surface area contributed by atoms with Crippen molar-refractivity contribution in [2.75, 3.05) is 0 Å². The predicted molar refractivity (Wildman–Crippen MR) is 57.8 cm³/mol. The molecule has 1 aliphatic carbocycles. The molecule has 3 heteroatoms. The third-order valence-corrected chi connectivity index (χ3v) is 3.62. The second-order valence-corrected chi connectivity index (χ2v) is 5.45. The van der Waals surface area contributed by atoms with Crippen LogP contribution in [0.2, 0.25) is 0 Å². The molecule has 0 atom stereocenters. The summed E-state index contributed by atoms with van der Waals surface area (Å²) in [4.78, 5) is 11.9. The topological polar surface area (TPSA) is 55.1 Å². The molecular weight excluding hydrogens is 176 g/mol. The smallest absolute Gasteiger partial charge is 0.227 e. The summed E-state index contributed by atoms with van der Waals surface area (Å²) in [5, 5.41) is 3.04. The van der Waals surface area contributed by atoms with Crippen molar-refractivity contribution in [2.24, 2.45) is 11.1 Å². The van der Waals surface area contributed by atoms with Crippen molar-refractivity contribution in [2.45, 2.75) is 58.5 Å². The summed E-state index contributed by atoms with van der Waals surface area (Å²) < 4.78 is 0. The molecule has 0 spiro atoms. The van der Waals surface area contributed by atoms with Gasteiger partial charge in [0.1, 0.15) is 0 Å². The lowest BCUT2D eigenvalue weighted by molar-refractivity contribution is -0.133. The van der Waals surface area contributed by atoms with Gasteiger partial charge in [0.25, 0.3) is 0 Å². The van der Waals surface area contributed by atoms with E-state index in [4.69, 9.17) is 5.73 Å². The molecule has 0 aromatic rings. The molecule has 0 bridgehead atoms. The maximum Gasteiger partial charge on any atom is 0.227 e. The first-order chi connectivity index (χ1) is 6.25. The summed E-state index contributed by atoms with van der Waals surface area (Å²) >= 11 is 0. The van der Waals surface area contributed by atoms with E-state index in [1.807, 2.05) is 27.7 Å². The van der Waals surface area contributed by atoms with Crippen LogP contribution in [0.1, 0.15) is 47.0 Å². The quantitative estimate of drug-likeness (QED) is 0.720. The van der Waals surface area contributed by atoms with Gasteiger partial charge in [-0.3, -0.25) is 4.79 Å². The summed E-state index contributed by atoms with van der Waals surface area (Å²) in [6, 6.07) is 0.393. The van der Waals surface area contributed by atoms with Crippen LogP contribution >= 0.6 is 0 Å². The number of amides is 1. The summed E-state index contributed by atoms with van der Waals surface area (Å²) in [7, 11) is 0. The van der Waals surface area contributed by atoms with Gasteiger partial charge in [-0.05, 0) is 47.0 Å². The fourth-order valence-electron chi connectivity index (χ4n) is 1.21. The molecule has 0 heterocycles. The van der Waals surface area contributed by atoms with E-state index in [1.165, 1.54) is 6.42 Å². The average Bonchev–Trinajstić information content (AvgIpc) is 1.93. The van der Waals surface area contributed by atoms with Crippen molar-refractivity contribution in [3.8, 4) is 0 Å². The monoisotopic (exact) mass is 198 g/mol. The molecular formula is C11H22N2O. The van der Waals surface area contributed by atoms with E-state index in [0.717, 1.165) is 12.8 Å². The Morgan fingerprint density at radius 1 is 1.29 bits per heavy atom. The van der Waals surface area contributed by atoms with E-state index >= 15 is 0 Å². The Hall–Kier alpha value is -0.570. The third kappa shape index (κ3) is 2.08. The van der Waals surface area contributed by atoms with Gasteiger partial charge in [-0.15, -0.1) is 0 Å². The van der Waals surface area contributed by atoms with Crippen LogP contribution in [0.15, 0.2) is 0 Å². The summed E-state index contributed by atoms with van der Waals surface area (Å²) in [5.74, 6) is 0.0784. The first-order valence-electron chi connectivity index (χ1n) is 5.35. The molecule has 3 nitrogen and oxygen atoms in total. The first kappa shape index (κ1) is 11.5. The molecule has 1 amide bonds. The SMILES string of the molecule is CC(C)(N)C(C)(C)C(=O)NC1CCC1. The number of hydrogen-bond donors (Lipinski definition) is 2. The number of rotatable bonds is 3. The number of hydrogen-bond acceptors (Lipinski definition) is 2. The molecule has 0 aliphatic heterocycles. The Kier molecular flexibility index (Phi) is 2.91. The highest BCUT2D eigenvalue weighted by molar-refractivity contribution is 5.83. The van der Waals surface area contributed by atoms with Crippen LogP contribution in [0.5, 0.6) is 0 Å². The van der Waals surface area contributed by atoms with E-state index in [9.17, 15) is 4.79 Å². The Morgan fingerprint density at radius 3 is 2.07 bits per heavy atom. The molecule has 1 rings (SSSR count). The normalized spacial score (nSPS) is 18.9. The van der Waals surface area contributed by atoms with Crippen LogP contribution in [-0.2, 0) is 4.79 Å². The Morgan fingerprint density at radius 2 is 1.79 bits per heavy atom. The molecule has 0 radical (unpaired) electrons. The van der Waals surface area contributed by atoms with Gasteiger partial charge in [0.15, 0.2) is 0 Å². The summed E-state index contributed by atoms with van der Waals surface area (Å²) in [6.45, 7) is 7.60. The van der Waals surface area contributed by atoms with Gasteiger partial charge < -0.3 is 11.1 Å². The molecule has 1 fully saturated rings. The molecule has 82 valence electrons. The highest BCUT2D eigenvalue weighted by Gasteiger charge is 2.41. The van der Waals surface area contributed by atoms with Crippen molar-refractivity contribution in [1.29, 1.82) is 0 Å². The lowest BCUT2D eigenvalue weighted by Gasteiger charge is -2.39. The van der Waals surface area contributed by atoms with E-state index in [1.54, 1.807) is 0 Å². The Labute approximate surface area is 86.4 Å². The Bertz CT molecular complexity index is 224. The van der Waals surface area contributed by atoms with Gasteiger partial charge in [0, 0.05) is 11.6 Å². The van der Waals surface area contributed by atoms with Crippen LogP contribution in [0.4, 0.5) is 0 Å². The van der Waals surface area contributed by atoms with Crippen LogP contribution in [0, 0.1) is 5.41 Å². The fourth-order valence-corrected chi connectivity index (χ4v) is 1.21. The minimum Gasteiger partial charge on any atom is -0.353 e. The lowest BCUT2D eigenvalue weighted by Crippen LogP contribution is -2.57. The predicted octanol–water partition coefficient (Wildman–Crippen LogP) is 1.42. The second-order valence-electron chi connectivity index (χ2n) is 5.45. The molecule has 3 N–H and O–H groups in total. The van der Waals surface area contributed by atoms with Crippen molar-refractivity contribution >= 4 is 5.91 Å². The zero-order chi connectivity index (χ0) is 11.0.